The van der Waals surface area contributed by atoms with E-state index in [0.717, 1.165) is 37.3 Å². The number of unbranched alkanes of at least 4 members (excludes halogenated alkanes) is 1. The van der Waals surface area contributed by atoms with E-state index in [9.17, 15) is 0 Å². The van der Waals surface area contributed by atoms with Crippen LogP contribution in [0.15, 0.2) is 22.7 Å². The maximum absolute atomic E-state index is 6.18. The second kappa shape index (κ2) is 8.32. The van der Waals surface area contributed by atoms with E-state index in [1.807, 2.05) is 6.07 Å². The summed E-state index contributed by atoms with van der Waals surface area (Å²) < 4.78 is 5.34. The summed E-state index contributed by atoms with van der Waals surface area (Å²) in [6, 6.07) is 5.28. The van der Waals surface area contributed by atoms with Crippen LogP contribution in [0, 0.1) is 5.92 Å². The molecule has 0 saturated carbocycles. The summed E-state index contributed by atoms with van der Waals surface area (Å²) >= 11 is 12.1. The van der Waals surface area contributed by atoms with Crippen LogP contribution in [0.1, 0.15) is 38.5 Å². The molecular formula is C18H23Cl2N3O. The lowest BCUT2D eigenvalue weighted by atomic mass is 9.99. The van der Waals surface area contributed by atoms with Crippen molar-refractivity contribution in [1.82, 2.24) is 15.0 Å². The van der Waals surface area contributed by atoms with Gasteiger partial charge in [0.05, 0.1) is 5.02 Å². The van der Waals surface area contributed by atoms with E-state index in [1.165, 1.54) is 25.9 Å². The fourth-order valence-corrected chi connectivity index (χ4v) is 3.53. The zero-order valence-electron chi connectivity index (χ0n) is 14.0. The van der Waals surface area contributed by atoms with Gasteiger partial charge in [-0.1, -0.05) is 35.3 Å². The molecule has 0 bridgehead atoms. The Bertz CT molecular complexity index is 666. The number of aromatic nitrogens is 2. The number of hydrogen-bond donors (Lipinski definition) is 0. The van der Waals surface area contributed by atoms with Crippen LogP contribution in [-0.4, -0.2) is 34.7 Å². The van der Waals surface area contributed by atoms with E-state index >= 15 is 0 Å². The van der Waals surface area contributed by atoms with Crippen LogP contribution in [0.2, 0.25) is 10.0 Å². The lowest BCUT2D eigenvalue weighted by molar-refractivity contribution is 0.189. The zero-order valence-corrected chi connectivity index (χ0v) is 15.5. The highest BCUT2D eigenvalue weighted by Gasteiger charge is 2.15. The highest BCUT2D eigenvalue weighted by atomic mass is 35.5. The molecule has 2 aromatic rings. The van der Waals surface area contributed by atoms with Crippen molar-refractivity contribution >= 4 is 23.2 Å². The van der Waals surface area contributed by atoms with Gasteiger partial charge in [0.25, 0.3) is 0 Å². The monoisotopic (exact) mass is 367 g/mol. The molecule has 1 saturated heterocycles. The van der Waals surface area contributed by atoms with Gasteiger partial charge in [0.1, 0.15) is 0 Å². The first-order valence-corrected chi connectivity index (χ1v) is 9.38. The van der Waals surface area contributed by atoms with E-state index in [-0.39, 0.29) is 0 Å². The lowest BCUT2D eigenvalue weighted by Crippen LogP contribution is -2.33. The van der Waals surface area contributed by atoms with Gasteiger partial charge in [-0.2, -0.15) is 4.98 Å². The predicted octanol–water partition coefficient (Wildman–Crippen LogP) is 5.10. The van der Waals surface area contributed by atoms with E-state index < -0.39 is 0 Å². The van der Waals surface area contributed by atoms with E-state index in [1.54, 1.807) is 12.1 Å². The average molecular weight is 368 g/mol. The summed E-state index contributed by atoms with van der Waals surface area (Å²) in [6.07, 6.45) is 5.68. The first kappa shape index (κ1) is 17.7. The number of likely N-dealkylation sites (tertiary alicyclic amines) is 1. The summed E-state index contributed by atoms with van der Waals surface area (Å²) in [5, 5.41) is 5.16. The number of rotatable bonds is 6. The van der Waals surface area contributed by atoms with Crippen LogP contribution in [-0.2, 0) is 6.42 Å². The third-order valence-electron chi connectivity index (χ3n) is 4.63. The van der Waals surface area contributed by atoms with Crippen molar-refractivity contribution in [3.05, 3.63) is 34.1 Å². The minimum atomic E-state index is 0.525. The average Bonchev–Trinajstić information content (AvgIpc) is 3.02. The molecule has 0 radical (unpaired) electrons. The second-order valence-corrected chi connectivity index (χ2v) is 7.46. The molecule has 0 unspecified atom stereocenters. The van der Waals surface area contributed by atoms with Gasteiger partial charge in [0.15, 0.2) is 0 Å². The number of piperidine rings is 1. The third-order valence-corrected chi connectivity index (χ3v) is 5.18. The molecule has 0 N–H and O–H groups in total. The fourth-order valence-electron chi connectivity index (χ4n) is 3.03. The Kier molecular flexibility index (Phi) is 6.14. The molecule has 130 valence electrons. The van der Waals surface area contributed by atoms with Gasteiger partial charge in [0.2, 0.25) is 11.7 Å². The normalized spacial score (nSPS) is 16.6. The molecule has 0 amide bonds. The second-order valence-electron chi connectivity index (χ2n) is 6.62. The Labute approximate surface area is 153 Å². The summed E-state index contributed by atoms with van der Waals surface area (Å²) in [5.41, 5.74) is 0.749. The smallest absolute Gasteiger partial charge is 0.226 e. The Morgan fingerprint density at radius 3 is 2.75 bits per heavy atom. The minimum Gasteiger partial charge on any atom is -0.339 e. The molecule has 0 aliphatic carbocycles. The van der Waals surface area contributed by atoms with Crippen LogP contribution >= 0.6 is 23.2 Å². The van der Waals surface area contributed by atoms with Crippen LogP contribution < -0.4 is 0 Å². The predicted molar refractivity (Wildman–Crippen MR) is 97.5 cm³/mol. The van der Waals surface area contributed by atoms with Gasteiger partial charge < -0.3 is 9.42 Å². The number of nitrogens with zero attached hydrogens (tertiary/aromatic N) is 3. The van der Waals surface area contributed by atoms with Crippen molar-refractivity contribution in [2.24, 2.45) is 5.92 Å². The highest BCUT2D eigenvalue weighted by molar-refractivity contribution is 6.36. The lowest BCUT2D eigenvalue weighted by Gasteiger charge is -2.30. The van der Waals surface area contributed by atoms with Crippen molar-refractivity contribution in [3.63, 3.8) is 0 Å². The first-order valence-electron chi connectivity index (χ1n) is 8.62. The van der Waals surface area contributed by atoms with Gasteiger partial charge in [-0.3, -0.25) is 0 Å². The molecular weight excluding hydrogens is 345 g/mol. The molecule has 6 heteroatoms. The van der Waals surface area contributed by atoms with Gasteiger partial charge in [-0.15, -0.1) is 0 Å². The summed E-state index contributed by atoms with van der Waals surface area (Å²) in [7, 11) is 0. The topological polar surface area (TPSA) is 42.2 Å². The Morgan fingerprint density at radius 2 is 2.00 bits per heavy atom. The fraction of sp³-hybridized carbons (Fsp3) is 0.556. The largest absolute Gasteiger partial charge is 0.339 e. The molecule has 2 heterocycles. The maximum atomic E-state index is 6.18. The van der Waals surface area contributed by atoms with E-state index in [2.05, 4.69) is 22.0 Å². The maximum Gasteiger partial charge on any atom is 0.226 e. The van der Waals surface area contributed by atoms with Gasteiger partial charge >= 0.3 is 0 Å². The van der Waals surface area contributed by atoms with Crippen molar-refractivity contribution < 1.29 is 4.52 Å². The molecule has 1 aromatic heterocycles. The molecule has 24 heavy (non-hydrogen) atoms. The van der Waals surface area contributed by atoms with E-state index in [0.29, 0.717) is 21.8 Å². The summed E-state index contributed by atoms with van der Waals surface area (Å²) in [6.45, 7) is 5.98. The molecule has 4 nitrogen and oxygen atoms in total. The SMILES string of the molecule is CC1CCN(CCCCc2nc(-c3ccc(Cl)cc3Cl)no2)CC1. The molecule has 1 fully saturated rings. The summed E-state index contributed by atoms with van der Waals surface area (Å²) in [5.74, 6) is 2.08. The van der Waals surface area contributed by atoms with Crippen LogP contribution in [0.5, 0.6) is 0 Å². The Morgan fingerprint density at radius 1 is 1.21 bits per heavy atom. The van der Waals surface area contributed by atoms with Crippen molar-refractivity contribution in [1.29, 1.82) is 0 Å². The number of benzene rings is 1. The van der Waals surface area contributed by atoms with Crippen LogP contribution in [0.3, 0.4) is 0 Å². The Hall–Kier alpha value is -1.10. The molecule has 1 aliphatic heterocycles. The highest BCUT2D eigenvalue weighted by Crippen LogP contribution is 2.28. The molecule has 1 aromatic carbocycles. The van der Waals surface area contributed by atoms with Gasteiger partial charge in [0, 0.05) is 17.0 Å². The molecule has 1 aliphatic rings. The van der Waals surface area contributed by atoms with Crippen molar-refractivity contribution in [2.75, 3.05) is 19.6 Å². The number of aryl methyl sites for hydroxylation is 1. The molecule has 3 rings (SSSR count). The quantitative estimate of drug-likeness (QED) is 0.666. The Balaban J connectivity index is 1.46. The van der Waals surface area contributed by atoms with E-state index in [4.69, 9.17) is 27.7 Å². The third kappa shape index (κ3) is 4.71. The number of hydrogen-bond acceptors (Lipinski definition) is 4. The first-order chi connectivity index (χ1) is 11.6. The van der Waals surface area contributed by atoms with Crippen LogP contribution in [0.4, 0.5) is 0 Å². The molecule has 0 atom stereocenters. The van der Waals surface area contributed by atoms with Crippen molar-refractivity contribution in [2.45, 2.75) is 39.0 Å². The van der Waals surface area contributed by atoms with Gasteiger partial charge in [-0.25, -0.2) is 0 Å². The minimum absolute atomic E-state index is 0.525. The summed E-state index contributed by atoms with van der Waals surface area (Å²) in [4.78, 5) is 7.01. The zero-order chi connectivity index (χ0) is 16.9. The standard InChI is InChI=1S/C18H23Cl2N3O/c1-13-7-10-23(11-8-13)9-3-2-4-17-21-18(22-24-17)15-6-5-14(19)12-16(15)20/h5-6,12-13H,2-4,7-11H2,1H3. The number of halogens is 2. The molecule has 0 spiro atoms. The van der Waals surface area contributed by atoms with Crippen molar-refractivity contribution in [3.8, 4) is 11.4 Å². The van der Waals surface area contributed by atoms with Gasteiger partial charge in [-0.05, 0) is 69.4 Å². The van der Waals surface area contributed by atoms with Crippen LogP contribution in [0.25, 0.3) is 11.4 Å².